The number of alkyl halides is 3. The van der Waals surface area contributed by atoms with Crippen molar-refractivity contribution in [1.82, 2.24) is 4.90 Å². The number of hydrogen-bond donors (Lipinski definition) is 1. The third kappa shape index (κ3) is 3.78. The molecule has 0 radical (unpaired) electrons. The average Bonchev–Trinajstić information content (AvgIpc) is 2.88. The van der Waals surface area contributed by atoms with E-state index in [4.69, 9.17) is 15.2 Å². The Morgan fingerprint density at radius 1 is 1.03 bits per heavy atom. The highest BCUT2D eigenvalue weighted by molar-refractivity contribution is 6.23. The number of imide groups is 1. The first kappa shape index (κ1) is 23.2. The van der Waals surface area contributed by atoms with Gasteiger partial charge in [0.25, 0.3) is 5.91 Å². The molecule has 0 unspecified atom stereocenters. The maximum atomic E-state index is 13.7. The van der Waals surface area contributed by atoms with Crippen molar-refractivity contribution in [3.8, 4) is 11.5 Å². The van der Waals surface area contributed by atoms with Gasteiger partial charge in [-0.2, -0.15) is 13.2 Å². The highest BCUT2D eigenvalue weighted by Gasteiger charge is 2.52. The molecular weight excluding hydrogens is 434 g/mol. The number of methoxy groups -OCH3 is 2. The monoisotopic (exact) mass is 455 g/mol. The third-order valence-electron chi connectivity index (χ3n) is 5.31. The van der Waals surface area contributed by atoms with Gasteiger partial charge in [-0.25, -0.2) is 14.1 Å². The topological polar surface area (TPSA) is 85.1 Å². The minimum Gasteiger partial charge on any atom is -0.493 e. The Morgan fingerprint density at radius 2 is 1.62 bits per heavy atom. The Balaban J connectivity index is 2.02. The van der Waals surface area contributed by atoms with Crippen molar-refractivity contribution in [1.29, 1.82) is 0 Å². The Morgan fingerprint density at radius 3 is 2.19 bits per heavy atom. The molecule has 2 aromatic carbocycles. The molecule has 2 aromatic rings. The van der Waals surface area contributed by atoms with Crippen molar-refractivity contribution < 1.29 is 36.6 Å². The summed E-state index contributed by atoms with van der Waals surface area (Å²) in [5.41, 5.74) is 3.39. The number of hydrogen-bond acceptors (Lipinski definition) is 5. The first-order chi connectivity index (χ1) is 14.8. The predicted octanol–water partition coefficient (Wildman–Crippen LogP) is 4.19. The maximum Gasteiger partial charge on any atom is 0.419 e. The van der Waals surface area contributed by atoms with E-state index in [-0.39, 0.29) is 17.9 Å². The van der Waals surface area contributed by atoms with Crippen LogP contribution in [0.2, 0.25) is 0 Å². The quantitative estimate of drug-likeness (QED) is 0.415. The summed E-state index contributed by atoms with van der Waals surface area (Å²) in [4.78, 5) is 27.9. The standard InChI is InChI=1S/C21H21F4N3O4/c1-20(2)18(29)28(12-5-6-14(22)13(8-12)21(23,24)25)19(30)27(20)10-11-7-16(31-3)17(32-4)9-15(11)26/h5-9H,10,26H2,1-4H3. The van der Waals surface area contributed by atoms with E-state index in [9.17, 15) is 27.2 Å². The summed E-state index contributed by atoms with van der Waals surface area (Å²) in [6.45, 7) is 2.78. The van der Waals surface area contributed by atoms with Crippen LogP contribution >= 0.6 is 0 Å². The molecule has 0 saturated carbocycles. The second-order valence-corrected chi connectivity index (χ2v) is 7.64. The van der Waals surface area contributed by atoms with Crippen LogP contribution in [0.4, 0.5) is 33.7 Å². The number of nitrogens with zero attached hydrogens (tertiary/aromatic N) is 2. The van der Waals surface area contributed by atoms with Crippen LogP contribution in [-0.2, 0) is 17.5 Å². The Bertz CT molecular complexity index is 1090. The van der Waals surface area contributed by atoms with Gasteiger partial charge in [-0.05, 0) is 43.7 Å². The smallest absolute Gasteiger partial charge is 0.419 e. The molecule has 32 heavy (non-hydrogen) atoms. The number of nitrogen functional groups attached to an aromatic ring is 1. The van der Waals surface area contributed by atoms with Crippen LogP contribution in [0.15, 0.2) is 30.3 Å². The summed E-state index contributed by atoms with van der Waals surface area (Å²) in [6, 6.07) is 4.14. The molecule has 1 aliphatic rings. The molecule has 1 aliphatic heterocycles. The molecule has 11 heteroatoms. The number of rotatable bonds is 5. The number of nitrogens with two attached hydrogens (primary N) is 1. The van der Waals surface area contributed by atoms with Crippen LogP contribution in [0.3, 0.4) is 0 Å². The minimum absolute atomic E-state index is 0.131. The SMILES string of the molecule is COc1cc(N)c(CN2C(=O)N(c3ccc(F)c(C(F)(F)F)c3)C(=O)C2(C)C)cc1OC. The minimum atomic E-state index is -4.99. The zero-order valence-electron chi connectivity index (χ0n) is 17.7. The van der Waals surface area contributed by atoms with E-state index in [1.807, 2.05) is 0 Å². The first-order valence-corrected chi connectivity index (χ1v) is 9.36. The lowest BCUT2D eigenvalue weighted by atomic mass is 10.0. The van der Waals surface area contributed by atoms with Gasteiger partial charge in [-0.1, -0.05) is 0 Å². The lowest BCUT2D eigenvalue weighted by molar-refractivity contribution is -0.140. The molecule has 2 N–H and O–H groups in total. The predicted molar refractivity (Wildman–Crippen MR) is 108 cm³/mol. The number of benzene rings is 2. The molecule has 7 nitrogen and oxygen atoms in total. The van der Waals surface area contributed by atoms with Gasteiger partial charge in [0.15, 0.2) is 11.5 Å². The van der Waals surface area contributed by atoms with Crippen LogP contribution < -0.4 is 20.1 Å². The largest absolute Gasteiger partial charge is 0.493 e. The molecule has 3 amide bonds. The summed E-state index contributed by atoms with van der Waals surface area (Å²) in [7, 11) is 2.85. The molecule has 0 aliphatic carbocycles. The van der Waals surface area contributed by atoms with E-state index < -0.39 is 35.0 Å². The van der Waals surface area contributed by atoms with E-state index in [0.717, 1.165) is 6.07 Å². The van der Waals surface area contributed by atoms with Gasteiger partial charge in [0.05, 0.1) is 32.0 Å². The zero-order chi connectivity index (χ0) is 24.0. The molecule has 0 spiro atoms. The van der Waals surface area contributed by atoms with Crippen LogP contribution in [-0.4, -0.2) is 36.6 Å². The molecular formula is C21H21F4N3O4. The second kappa shape index (κ2) is 7.88. The Kier molecular flexibility index (Phi) is 5.71. The van der Waals surface area contributed by atoms with Crippen molar-refractivity contribution in [2.45, 2.75) is 32.1 Å². The number of ether oxygens (including phenoxy) is 2. The third-order valence-corrected chi connectivity index (χ3v) is 5.31. The molecule has 1 saturated heterocycles. The van der Waals surface area contributed by atoms with E-state index >= 15 is 0 Å². The summed E-state index contributed by atoms with van der Waals surface area (Å²) in [6.07, 6.45) is -4.99. The molecule has 0 aromatic heterocycles. The number of halogens is 4. The molecule has 0 bridgehead atoms. The van der Waals surface area contributed by atoms with Crippen molar-refractivity contribution >= 4 is 23.3 Å². The molecule has 172 valence electrons. The Labute approximate surface area is 181 Å². The van der Waals surface area contributed by atoms with Gasteiger partial charge in [-0.3, -0.25) is 4.79 Å². The fraction of sp³-hybridized carbons (Fsp3) is 0.333. The normalized spacial score (nSPS) is 16.0. The van der Waals surface area contributed by atoms with E-state index in [1.165, 1.54) is 39.0 Å². The van der Waals surface area contributed by atoms with E-state index in [2.05, 4.69) is 0 Å². The lowest BCUT2D eigenvalue weighted by Gasteiger charge is -2.28. The van der Waals surface area contributed by atoms with Gasteiger partial charge in [-0.15, -0.1) is 0 Å². The van der Waals surface area contributed by atoms with Crippen LogP contribution in [0, 0.1) is 5.82 Å². The maximum absolute atomic E-state index is 13.7. The molecule has 3 rings (SSSR count). The van der Waals surface area contributed by atoms with Crippen LogP contribution in [0.5, 0.6) is 11.5 Å². The van der Waals surface area contributed by atoms with Crippen LogP contribution in [0.25, 0.3) is 0 Å². The summed E-state index contributed by atoms with van der Waals surface area (Å²) >= 11 is 0. The van der Waals surface area contributed by atoms with Crippen LogP contribution in [0.1, 0.15) is 25.0 Å². The van der Waals surface area contributed by atoms with Gasteiger partial charge < -0.3 is 20.1 Å². The van der Waals surface area contributed by atoms with Crippen molar-refractivity contribution in [2.75, 3.05) is 24.9 Å². The van der Waals surface area contributed by atoms with Crippen molar-refractivity contribution in [3.63, 3.8) is 0 Å². The molecule has 0 atom stereocenters. The zero-order valence-corrected chi connectivity index (χ0v) is 17.7. The fourth-order valence-electron chi connectivity index (χ4n) is 3.44. The number of carbonyl (C=O) groups is 2. The summed E-state index contributed by atoms with van der Waals surface area (Å²) < 4.78 is 63.5. The lowest BCUT2D eigenvalue weighted by Crippen LogP contribution is -2.43. The van der Waals surface area contributed by atoms with Gasteiger partial charge in [0, 0.05) is 11.8 Å². The molecule has 1 fully saturated rings. The number of carbonyl (C=O) groups excluding carboxylic acids is 2. The number of amides is 3. The summed E-state index contributed by atoms with van der Waals surface area (Å²) in [5, 5.41) is 0. The second-order valence-electron chi connectivity index (χ2n) is 7.64. The molecule has 1 heterocycles. The Hall–Kier alpha value is -3.50. The van der Waals surface area contributed by atoms with E-state index in [1.54, 1.807) is 6.07 Å². The van der Waals surface area contributed by atoms with Gasteiger partial charge in [0.1, 0.15) is 11.4 Å². The van der Waals surface area contributed by atoms with Gasteiger partial charge >= 0.3 is 12.2 Å². The highest BCUT2D eigenvalue weighted by atomic mass is 19.4. The first-order valence-electron chi connectivity index (χ1n) is 9.36. The van der Waals surface area contributed by atoms with Gasteiger partial charge in [0.2, 0.25) is 0 Å². The average molecular weight is 455 g/mol. The summed E-state index contributed by atoms with van der Waals surface area (Å²) in [5.74, 6) is -1.56. The highest BCUT2D eigenvalue weighted by Crippen LogP contribution is 2.39. The fourth-order valence-corrected chi connectivity index (χ4v) is 3.44. The number of urea groups is 1. The number of anilines is 2. The van der Waals surface area contributed by atoms with Crippen molar-refractivity contribution in [3.05, 3.63) is 47.3 Å². The van der Waals surface area contributed by atoms with Crippen molar-refractivity contribution in [2.24, 2.45) is 0 Å². The van der Waals surface area contributed by atoms with E-state index in [0.29, 0.717) is 34.1 Å².